The highest BCUT2D eigenvalue weighted by Gasteiger charge is 1.85. The summed E-state index contributed by atoms with van der Waals surface area (Å²) < 4.78 is 0. The first kappa shape index (κ1) is 13.0. The van der Waals surface area contributed by atoms with Crippen molar-refractivity contribution in [3.63, 3.8) is 0 Å². The smallest absolute Gasteiger partial charge is 0.0108 e. The summed E-state index contributed by atoms with van der Waals surface area (Å²) >= 11 is 4.64. The maximum Gasteiger partial charge on any atom is 0.0108 e. The van der Waals surface area contributed by atoms with E-state index in [1.165, 1.54) is 17.2 Å². The minimum absolute atomic E-state index is 1.31. The molecule has 0 heterocycles. The summed E-state index contributed by atoms with van der Waals surface area (Å²) in [5.41, 5.74) is 0. The molecule has 2 rings (SSSR count). The number of alkyl halides is 1. The third-order valence-electron chi connectivity index (χ3n) is 1.66. The average molecular weight is 209 g/mol. The molecule has 0 bridgehead atoms. The number of hydrogen-bond donors (Lipinski definition) is 0. The van der Waals surface area contributed by atoms with Crippen LogP contribution in [0.2, 0.25) is 0 Å². The average Bonchev–Trinajstić information content (AvgIpc) is 2.34. The second kappa shape index (κ2) is 8.58. The predicted molar refractivity (Wildman–Crippen MR) is 67.1 cm³/mol. The van der Waals surface area contributed by atoms with E-state index in [1.54, 1.807) is 0 Å². The highest BCUT2D eigenvalue weighted by atomic mass is 35.5. The van der Waals surface area contributed by atoms with Crippen molar-refractivity contribution in [3.8, 4) is 0 Å². The van der Waals surface area contributed by atoms with Gasteiger partial charge in [-0.2, -0.15) is 0 Å². The molecule has 2 aromatic carbocycles. The van der Waals surface area contributed by atoms with Crippen LogP contribution in [-0.2, 0) is 0 Å². The molecule has 0 atom stereocenters. The van der Waals surface area contributed by atoms with Crippen LogP contribution < -0.4 is 0 Å². The lowest BCUT2D eigenvalue weighted by molar-refractivity contribution is 1.50. The lowest BCUT2D eigenvalue weighted by atomic mass is 10.1. The molecule has 0 unspecified atom stereocenters. The molecular formula is C13H17Cl. The van der Waals surface area contributed by atoms with Crippen molar-refractivity contribution < 1.29 is 0 Å². The van der Waals surface area contributed by atoms with Crippen molar-refractivity contribution in [2.45, 2.75) is 13.8 Å². The minimum atomic E-state index is 1.31. The first-order chi connectivity index (χ1) is 6.97. The quantitative estimate of drug-likeness (QED) is 0.550. The molecule has 0 aliphatic carbocycles. The molecule has 0 spiro atoms. The molecule has 0 radical (unpaired) electrons. The molecule has 0 amide bonds. The summed E-state index contributed by atoms with van der Waals surface area (Å²) in [5.74, 6) is 0. The Hall–Kier alpha value is -1.01. The maximum atomic E-state index is 4.64. The fourth-order valence-electron chi connectivity index (χ4n) is 1.13. The number of benzene rings is 2. The second-order valence-electron chi connectivity index (χ2n) is 2.35. The van der Waals surface area contributed by atoms with Crippen LogP contribution in [0.5, 0.6) is 0 Å². The van der Waals surface area contributed by atoms with Gasteiger partial charge < -0.3 is 0 Å². The van der Waals surface area contributed by atoms with E-state index < -0.39 is 0 Å². The van der Waals surface area contributed by atoms with E-state index in [0.29, 0.717) is 0 Å². The zero-order valence-electron chi connectivity index (χ0n) is 9.00. The van der Waals surface area contributed by atoms with Crippen LogP contribution in [0.1, 0.15) is 13.8 Å². The molecular weight excluding hydrogens is 192 g/mol. The van der Waals surface area contributed by atoms with Crippen LogP contribution in [0.3, 0.4) is 0 Å². The van der Waals surface area contributed by atoms with Crippen LogP contribution >= 0.6 is 11.6 Å². The summed E-state index contributed by atoms with van der Waals surface area (Å²) in [7, 11) is 0. The summed E-state index contributed by atoms with van der Waals surface area (Å²) in [5, 5.41) is 2.62. The van der Waals surface area contributed by atoms with Crippen molar-refractivity contribution in [2.75, 3.05) is 6.38 Å². The molecule has 0 aliphatic rings. The Labute approximate surface area is 91.5 Å². The van der Waals surface area contributed by atoms with Gasteiger partial charge in [-0.05, 0) is 10.8 Å². The molecule has 0 aliphatic heterocycles. The lowest BCUT2D eigenvalue weighted by Gasteiger charge is -1.92. The minimum Gasteiger partial charge on any atom is -0.130 e. The van der Waals surface area contributed by atoms with Crippen LogP contribution in [0.15, 0.2) is 48.5 Å². The van der Waals surface area contributed by atoms with Gasteiger partial charge in [-0.15, -0.1) is 11.6 Å². The van der Waals surface area contributed by atoms with E-state index in [9.17, 15) is 0 Å². The van der Waals surface area contributed by atoms with Crippen molar-refractivity contribution in [2.24, 2.45) is 0 Å². The van der Waals surface area contributed by atoms with Gasteiger partial charge in [0.2, 0.25) is 0 Å². The predicted octanol–water partition coefficient (Wildman–Crippen LogP) is 4.72. The van der Waals surface area contributed by atoms with Gasteiger partial charge in [0.25, 0.3) is 0 Å². The van der Waals surface area contributed by atoms with Gasteiger partial charge >= 0.3 is 0 Å². The van der Waals surface area contributed by atoms with Crippen LogP contribution in [0.25, 0.3) is 10.8 Å². The summed E-state index contributed by atoms with van der Waals surface area (Å²) in [6.45, 7) is 4.00. The molecule has 0 saturated heterocycles. The monoisotopic (exact) mass is 208 g/mol. The highest BCUT2D eigenvalue weighted by Crippen LogP contribution is 2.11. The zero-order chi connectivity index (χ0) is 10.8. The first-order valence-corrected chi connectivity index (χ1v) is 5.54. The van der Waals surface area contributed by atoms with Crippen molar-refractivity contribution in [1.82, 2.24) is 0 Å². The standard InChI is InChI=1S/C10H8.C2H6.CH3Cl/c1-2-6-10-8-4-3-7-9(10)5-1;2*1-2/h1-8H;1-2H3;1H3. The Morgan fingerprint density at radius 1 is 0.643 bits per heavy atom. The van der Waals surface area contributed by atoms with Crippen LogP contribution in [0.4, 0.5) is 0 Å². The Kier molecular flexibility index (Phi) is 7.96. The maximum absolute atomic E-state index is 4.64. The van der Waals surface area contributed by atoms with Gasteiger partial charge in [0.1, 0.15) is 0 Å². The van der Waals surface area contributed by atoms with Crippen molar-refractivity contribution >= 4 is 22.4 Å². The molecule has 76 valence electrons. The second-order valence-corrected chi connectivity index (χ2v) is 2.35. The molecule has 14 heavy (non-hydrogen) atoms. The van der Waals surface area contributed by atoms with Gasteiger partial charge in [-0.3, -0.25) is 0 Å². The SMILES string of the molecule is CC.CCl.c1ccc2ccccc2c1. The third kappa shape index (κ3) is 3.80. The normalized spacial score (nSPS) is 8.00. The molecule has 0 aromatic heterocycles. The molecule has 0 saturated carbocycles. The van der Waals surface area contributed by atoms with Gasteiger partial charge in [0.15, 0.2) is 0 Å². The fourth-order valence-corrected chi connectivity index (χ4v) is 1.13. The van der Waals surface area contributed by atoms with E-state index in [-0.39, 0.29) is 0 Å². The first-order valence-electron chi connectivity index (χ1n) is 4.78. The van der Waals surface area contributed by atoms with Gasteiger partial charge in [-0.25, -0.2) is 0 Å². The lowest BCUT2D eigenvalue weighted by Crippen LogP contribution is -1.67. The van der Waals surface area contributed by atoms with E-state index in [2.05, 4.69) is 60.1 Å². The van der Waals surface area contributed by atoms with Gasteiger partial charge in [0, 0.05) is 6.38 Å². The Morgan fingerprint density at radius 3 is 1.07 bits per heavy atom. The number of halogens is 1. The molecule has 0 N–H and O–H groups in total. The third-order valence-corrected chi connectivity index (χ3v) is 1.66. The molecule has 1 heteroatoms. The van der Waals surface area contributed by atoms with E-state index >= 15 is 0 Å². The Morgan fingerprint density at radius 2 is 0.857 bits per heavy atom. The van der Waals surface area contributed by atoms with E-state index in [1.807, 2.05) is 13.8 Å². The Balaban J connectivity index is 0.000000379. The number of rotatable bonds is 0. The van der Waals surface area contributed by atoms with Crippen molar-refractivity contribution in [1.29, 1.82) is 0 Å². The van der Waals surface area contributed by atoms with E-state index in [0.717, 1.165) is 0 Å². The fraction of sp³-hybridized carbons (Fsp3) is 0.231. The van der Waals surface area contributed by atoms with E-state index in [4.69, 9.17) is 0 Å². The Bertz CT molecular complexity index is 276. The number of hydrogen-bond acceptors (Lipinski definition) is 0. The zero-order valence-corrected chi connectivity index (χ0v) is 9.75. The van der Waals surface area contributed by atoms with Crippen molar-refractivity contribution in [3.05, 3.63) is 48.5 Å². The molecule has 0 nitrogen and oxygen atoms in total. The highest BCUT2D eigenvalue weighted by molar-refractivity contribution is 6.15. The number of fused-ring (bicyclic) bond motifs is 1. The largest absolute Gasteiger partial charge is 0.130 e. The summed E-state index contributed by atoms with van der Waals surface area (Å²) in [6, 6.07) is 16.7. The van der Waals surface area contributed by atoms with Gasteiger partial charge in [-0.1, -0.05) is 62.4 Å². The topological polar surface area (TPSA) is 0 Å². The van der Waals surface area contributed by atoms with Gasteiger partial charge in [0.05, 0.1) is 0 Å². The molecule has 2 aromatic rings. The summed E-state index contributed by atoms with van der Waals surface area (Å²) in [4.78, 5) is 0. The van der Waals surface area contributed by atoms with Crippen LogP contribution in [0, 0.1) is 0 Å². The molecule has 0 fully saturated rings. The van der Waals surface area contributed by atoms with Crippen LogP contribution in [-0.4, -0.2) is 6.38 Å². The summed E-state index contributed by atoms with van der Waals surface area (Å²) in [6.07, 6.45) is 1.47.